The number of carbonyl (C=O) groups is 3. The zero-order chi connectivity index (χ0) is 41.4. The lowest BCUT2D eigenvalue weighted by Gasteiger charge is -2.20. The molecule has 0 radical (unpaired) electrons. The third kappa shape index (κ3) is 37.8. The van der Waals surface area contributed by atoms with Crippen molar-refractivity contribution in [2.24, 2.45) is 5.73 Å². The molecule has 0 amide bonds. The Morgan fingerprint density at radius 2 is 1.02 bits per heavy atom. The zero-order valence-corrected chi connectivity index (χ0v) is 35.3. The third-order valence-electron chi connectivity index (χ3n) is 8.44. The van der Waals surface area contributed by atoms with Crippen LogP contribution < -0.4 is 5.73 Å². The van der Waals surface area contributed by atoms with E-state index in [1.54, 1.807) is 0 Å². The Kier molecular flexibility index (Phi) is 36.6. The highest BCUT2D eigenvalue weighted by molar-refractivity contribution is 7.47. The maximum absolute atomic E-state index is 12.6. The summed E-state index contributed by atoms with van der Waals surface area (Å²) in [5.41, 5.74) is 5.32. The second-order valence-electron chi connectivity index (χ2n) is 13.7. The van der Waals surface area contributed by atoms with Gasteiger partial charge in [0.05, 0.1) is 13.2 Å². The van der Waals surface area contributed by atoms with Gasteiger partial charge in [0.15, 0.2) is 6.10 Å². The summed E-state index contributed by atoms with van der Waals surface area (Å²) in [6, 6.07) is -1.53. The smallest absolute Gasteiger partial charge is 0.472 e. The SMILES string of the molecule is CC/C=C\C/C=C\C/C=C\C/C=C\C/C=C\CCCC(=O)OC[C@H](COP(=O)(O)OC[C@H](N)C(=O)O)OC(=O)CCCCCCC/C=C\CCCCCCCC. The van der Waals surface area contributed by atoms with Crippen molar-refractivity contribution in [3.63, 3.8) is 0 Å². The van der Waals surface area contributed by atoms with Crippen LogP contribution in [0.15, 0.2) is 72.9 Å². The molecule has 12 heteroatoms. The summed E-state index contributed by atoms with van der Waals surface area (Å²) >= 11 is 0. The van der Waals surface area contributed by atoms with Crippen LogP contribution in [0.5, 0.6) is 0 Å². The average Bonchev–Trinajstić information content (AvgIpc) is 3.17. The maximum Gasteiger partial charge on any atom is 0.472 e. The number of aliphatic carboxylic acids is 1. The Morgan fingerprint density at radius 3 is 1.57 bits per heavy atom. The molecule has 0 aromatic heterocycles. The first-order valence-electron chi connectivity index (χ1n) is 21.0. The molecule has 0 fully saturated rings. The number of carbonyl (C=O) groups excluding carboxylic acids is 2. The molecule has 0 aliphatic rings. The number of rotatable bonds is 38. The van der Waals surface area contributed by atoms with E-state index < -0.39 is 51.1 Å². The van der Waals surface area contributed by atoms with Crippen LogP contribution in [0.4, 0.5) is 0 Å². The fraction of sp³-hybridized carbons (Fsp3) is 0.659. The predicted octanol–water partition coefficient (Wildman–Crippen LogP) is 10.9. The lowest BCUT2D eigenvalue weighted by Crippen LogP contribution is -2.34. The van der Waals surface area contributed by atoms with Gasteiger partial charge in [-0.2, -0.15) is 0 Å². The van der Waals surface area contributed by atoms with Gasteiger partial charge in [0.1, 0.15) is 12.6 Å². The summed E-state index contributed by atoms with van der Waals surface area (Å²) in [6.07, 6.45) is 45.4. The van der Waals surface area contributed by atoms with E-state index in [0.29, 0.717) is 19.3 Å². The van der Waals surface area contributed by atoms with Gasteiger partial charge in [-0.1, -0.05) is 138 Å². The van der Waals surface area contributed by atoms with Crippen LogP contribution >= 0.6 is 7.82 Å². The molecular weight excluding hydrogens is 733 g/mol. The minimum absolute atomic E-state index is 0.136. The number of hydrogen-bond acceptors (Lipinski definition) is 9. The Bertz CT molecular complexity index is 1230. The number of phosphoric ester groups is 1. The molecule has 0 heterocycles. The van der Waals surface area contributed by atoms with E-state index in [9.17, 15) is 23.8 Å². The van der Waals surface area contributed by atoms with E-state index >= 15 is 0 Å². The maximum atomic E-state index is 12.6. The zero-order valence-electron chi connectivity index (χ0n) is 34.4. The lowest BCUT2D eigenvalue weighted by atomic mass is 10.1. The van der Waals surface area contributed by atoms with Crippen molar-refractivity contribution in [3.05, 3.63) is 72.9 Å². The summed E-state index contributed by atoms with van der Waals surface area (Å²) in [5.74, 6) is -2.47. The van der Waals surface area contributed by atoms with Gasteiger partial charge < -0.3 is 25.2 Å². The number of unbranched alkanes of at least 4 members (excludes halogenated alkanes) is 12. The number of carboxylic acids is 1. The molecule has 56 heavy (non-hydrogen) atoms. The molecule has 0 rings (SSSR count). The molecule has 4 N–H and O–H groups in total. The largest absolute Gasteiger partial charge is 0.480 e. The monoisotopic (exact) mass is 808 g/mol. The number of allylic oxidation sites excluding steroid dienone is 12. The molecule has 0 aromatic carbocycles. The average molecular weight is 808 g/mol. The first-order valence-corrected chi connectivity index (χ1v) is 22.5. The van der Waals surface area contributed by atoms with E-state index in [0.717, 1.165) is 70.6 Å². The topological polar surface area (TPSA) is 172 Å². The molecule has 1 unspecified atom stereocenters. The molecular formula is C44H74NO10P. The molecule has 0 saturated heterocycles. The Labute approximate surface area is 338 Å². The summed E-state index contributed by atoms with van der Waals surface area (Å²) in [5, 5.41) is 8.88. The number of hydrogen-bond donors (Lipinski definition) is 3. The van der Waals surface area contributed by atoms with Crippen LogP contribution in [-0.4, -0.2) is 59.9 Å². The van der Waals surface area contributed by atoms with E-state index in [-0.39, 0.29) is 19.4 Å². The number of ether oxygens (including phenoxy) is 2. The second kappa shape index (κ2) is 38.8. The van der Waals surface area contributed by atoms with Crippen molar-refractivity contribution >= 4 is 25.7 Å². The van der Waals surface area contributed by atoms with Crippen LogP contribution in [0.1, 0.15) is 155 Å². The summed E-state index contributed by atoms with van der Waals surface area (Å²) in [7, 11) is -4.73. The van der Waals surface area contributed by atoms with E-state index in [1.165, 1.54) is 38.5 Å². The number of nitrogens with two attached hydrogens (primary N) is 1. The van der Waals surface area contributed by atoms with Crippen molar-refractivity contribution in [1.29, 1.82) is 0 Å². The Hall–Kier alpha value is -3.08. The molecule has 0 spiro atoms. The quantitative estimate of drug-likeness (QED) is 0.0235. The fourth-order valence-corrected chi connectivity index (χ4v) is 5.93. The normalized spacial score (nSPS) is 14.5. The minimum Gasteiger partial charge on any atom is -0.480 e. The van der Waals surface area contributed by atoms with Crippen molar-refractivity contribution in [3.8, 4) is 0 Å². The van der Waals surface area contributed by atoms with Gasteiger partial charge in [-0.05, 0) is 77.0 Å². The second-order valence-corrected chi connectivity index (χ2v) is 15.2. The van der Waals surface area contributed by atoms with E-state index in [1.807, 2.05) is 12.2 Å². The highest BCUT2D eigenvalue weighted by Crippen LogP contribution is 2.43. The van der Waals surface area contributed by atoms with Gasteiger partial charge in [0.25, 0.3) is 0 Å². The van der Waals surface area contributed by atoms with E-state index in [2.05, 4.69) is 79.1 Å². The molecule has 0 aromatic rings. The fourth-order valence-electron chi connectivity index (χ4n) is 5.15. The van der Waals surface area contributed by atoms with Crippen molar-refractivity contribution in [2.45, 2.75) is 167 Å². The number of esters is 2. The Balaban J connectivity index is 4.51. The summed E-state index contributed by atoms with van der Waals surface area (Å²) in [6.45, 7) is 2.60. The van der Waals surface area contributed by atoms with Gasteiger partial charge in [-0.15, -0.1) is 0 Å². The van der Waals surface area contributed by atoms with Crippen LogP contribution in [-0.2, 0) is 37.5 Å². The molecule has 0 aliphatic heterocycles. The minimum atomic E-state index is -4.73. The third-order valence-corrected chi connectivity index (χ3v) is 9.39. The molecule has 0 saturated carbocycles. The Morgan fingerprint density at radius 1 is 0.571 bits per heavy atom. The standard InChI is InChI=1S/C44H74NO10P/c1-3-5-7-9-11-13-15-17-19-20-22-23-25-27-29-31-33-35-42(46)52-37-40(38-53-56(50,51)54-39-41(45)44(48)49)55-43(47)36-34-32-30-28-26-24-21-18-16-14-12-10-8-6-4-2/h5,7,11,13,17-19,21-23,27,29,40-41H,3-4,6,8-10,12,14-16,20,24-26,28,30-39,45H2,1-2H3,(H,48,49)(H,50,51)/b7-5-,13-11-,19-17-,21-18-,23-22-,29-27-/t40-,41+/m1/s1. The number of carboxylic acid groups (broad SMARTS) is 1. The van der Waals surface area contributed by atoms with Gasteiger partial charge in [-0.3, -0.25) is 23.4 Å². The molecule has 320 valence electrons. The van der Waals surface area contributed by atoms with Crippen LogP contribution in [0, 0.1) is 0 Å². The van der Waals surface area contributed by atoms with Gasteiger partial charge in [0, 0.05) is 12.8 Å². The van der Waals surface area contributed by atoms with Gasteiger partial charge >= 0.3 is 25.7 Å². The van der Waals surface area contributed by atoms with Crippen molar-refractivity contribution in [2.75, 3.05) is 19.8 Å². The van der Waals surface area contributed by atoms with Crippen molar-refractivity contribution < 1.29 is 47.5 Å². The van der Waals surface area contributed by atoms with E-state index in [4.69, 9.17) is 24.8 Å². The summed E-state index contributed by atoms with van der Waals surface area (Å²) < 4.78 is 32.6. The predicted molar refractivity (Wildman–Crippen MR) is 226 cm³/mol. The van der Waals surface area contributed by atoms with Crippen LogP contribution in [0.2, 0.25) is 0 Å². The highest BCUT2D eigenvalue weighted by Gasteiger charge is 2.28. The van der Waals surface area contributed by atoms with Crippen LogP contribution in [0.25, 0.3) is 0 Å². The van der Waals surface area contributed by atoms with Crippen LogP contribution in [0.3, 0.4) is 0 Å². The number of phosphoric acid groups is 1. The van der Waals surface area contributed by atoms with Crippen molar-refractivity contribution in [1.82, 2.24) is 0 Å². The molecule has 3 atom stereocenters. The summed E-state index contributed by atoms with van der Waals surface area (Å²) in [4.78, 5) is 45.9. The highest BCUT2D eigenvalue weighted by atomic mass is 31.2. The van der Waals surface area contributed by atoms with Gasteiger partial charge in [0.2, 0.25) is 0 Å². The molecule has 0 aliphatic carbocycles. The first-order chi connectivity index (χ1) is 27.1. The molecule has 11 nitrogen and oxygen atoms in total. The van der Waals surface area contributed by atoms with Gasteiger partial charge in [-0.25, -0.2) is 4.57 Å². The molecule has 0 bridgehead atoms. The lowest BCUT2D eigenvalue weighted by molar-refractivity contribution is -0.161. The first kappa shape index (κ1) is 52.9.